The molecule has 2 unspecified atom stereocenters. The lowest BCUT2D eigenvalue weighted by Gasteiger charge is -2.37. The Bertz CT molecular complexity index is 270. The highest BCUT2D eigenvalue weighted by atomic mass is 16.4. The van der Waals surface area contributed by atoms with E-state index in [0.717, 1.165) is 0 Å². The lowest BCUT2D eigenvalue weighted by molar-refractivity contribution is -0.145. The SMILES string of the molecule is CCNC(=O)C1CNCCN1C(C)C(=O)O. The van der Waals surface area contributed by atoms with Gasteiger partial charge in [-0.25, -0.2) is 0 Å². The Morgan fingerprint density at radius 3 is 2.88 bits per heavy atom. The maximum Gasteiger partial charge on any atom is 0.320 e. The van der Waals surface area contributed by atoms with Crippen LogP contribution in [-0.4, -0.2) is 60.1 Å². The van der Waals surface area contributed by atoms with Crippen molar-refractivity contribution in [3.63, 3.8) is 0 Å². The molecule has 1 amide bonds. The van der Waals surface area contributed by atoms with Gasteiger partial charge < -0.3 is 15.7 Å². The number of rotatable bonds is 4. The molecule has 6 heteroatoms. The maximum atomic E-state index is 11.7. The van der Waals surface area contributed by atoms with Crippen LogP contribution >= 0.6 is 0 Å². The molecule has 1 saturated heterocycles. The lowest BCUT2D eigenvalue weighted by atomic mass is 10.1. The van der Waals surface area contributed by atoms with Gasteiger partial charge in [-0.1, -0.05) is 0 Å². The van der Waals surface area contributed by atoms with Crippen molar-refractivity contribution in [2.45, 2.75) is 25.9 Å². The number of likely N-dealkylation sites (N-methyl/N-ethyl adjacent to an activating group) is 1. The summed E-state index contributed by atoms with van der Waals surface area (Å²) in [7, 11) is 0. The Morgan fingerprint density at radius 1 is 1.62 bits per heavy atom. The van der Waals surface area contributed by atoms with Crippen LogP contribution < -0.4 is 10.6 Å². The Morgan fingerprint density at radius 2 is 2.31 bits per heavy atom. The molecule has 0 radical (unpaired) electrons. The Kier molecular flexibility index (Phi) is 4.70. The number of piperazine rings is 1. The molecule has 0 aromatic heterocycles. The molecule has 1 aliphatic heterocycles. The summed E-state index contributed by atoms with van der Waals surface area (Å²) in [5.41, 5.74) is 0. The molecular weight excluding hydrogens is 210 g/mol. The molecule has 0 aromatic carbocycles. The highest BCUT2D eigenvalue weighted by Crippen LogP contribution is 2.09. The van der Waals surface area contributed by atoms with Crippen molar-refractivity contribution in [2.75, 3.05) is 26.2 Å². The van der Waals surface area contributed by atoms with E-state index in [4.69, 9.17) is 5.11 Å². The molecule has 1 fully saturated rings. The quantitative estimate of drug-likeness (QED) is 0.568. The third kappa shape index (κ3) is 2.93. The van der Waals surface area contributed by atoms with E-state index in [1.165, 1.54) is 0 Å². The van der Waals surface area contributed by atoms with Crippen LogP contribution in [-0.2, 0) is 9.59 Å². The van der Waals surface area contributed by atoms with E-state index in [2.05, 4.69) is 10.6 Å². The van der Waals surface area contributed by atoms with Gasteiger partial charge in [0, 0.05) is 26.2 Å². The van der Waals surface area contributed by atoms with E-state index in [1.54, 1.807) is 11.8 Å². The molecule has 0 bridgehead atoms. The molecule has 1 heterocycles. The average Bonchev–Trinajstić information content (AvgIpc) is 2.28. The first kappa shape index (κ1) is 12.9. The summed E-state index contributed by atoms with van der Waals surface area (Å²) in [6.45, 7) is 5.82. The van der Waals surface area contributed by atoms with E-state index < -0.39 is 12.0 Å². The number of nitrogens with one attached hydrogen (secondary N) is 2. The van der Waals surface area contributed by atoms with Gasteiger partial charge in [-0.3, -0.25) is 14.5 Å². The zero-order chi connectivity index (χ0) is 12.1. The van der Waals surface area contributed by atoms with Gasteiger partial charge in [0.1, 0.15) is 12.1 Å². The van der Waals surface area contributed by atoms with E-state index in [1.807, 2.05) is 6.92 Å². The fourth-order valence-corrected chi connectivity index (χ4v) is 1.86. The van der Waals surface area contributed by atoms with Crippen molar-refractivity contribution >= 4 is 11.9 Å². The minimum Gasteiger partial charge on any atom is -0.480 e. The molecule has 16 heavy (non-hydrogen) atoms. The van der Waals surface area contributed by atoms with Gasteiger partial charge >= 0.3 is 5.97 Å². The molecule has 1 rings (SSSR count). The summed E-state index contributed by atoms with van der Waals surface area (Å²) in [6, 6.07) is -1.02. The lowest BCUT2D eigenvalue weighted by Crippen LogP contribution is -2.61. The molecule has 6 nitrogen and oxygen atoms in total. The number of carboxylic acid groups (broad SMARTS) is 1. The fourth-order valence-electron chi connectivity index (χ4n) is 1.86. The molecular formula is C10H19N3O3. The van der Waals surface area contributed by atoms with Crippen LogP contribution in [0, 0.1) is 0 Å². The Labute approximate surface area is 95.0 Å². The fraction of sp³-hybridized carbons (Fsp3) is 0.800. The van der Waals surface area contributed by atoms with Crippen LogP contribution in [0.2, 0.25) is 0 Å². The zero-order valence-corrected chi connectivity index (χ0v) is 9.69. The van der Waals surface area contributed by atoms with Gasteiger partial charge in [0.25, 0.3) is 0 Å². The van der Waals surface area contributed by atoms with Crippen LogP contribution in [0.3, 0.4) is 0 Å². The first-order valence-electron chi connectivity index (χ1n) is 5.55. The summed E-state index contributed by atoms with van der Waals surface area (Å²) < 4.78 is 0. The van der Waals surface area contributed by atoms with Gasteiger partial charge in [-0.05, 0) is 13.8 Å². The first-order chi connectivity index (χ1) is 7.57. The highest BCUT2D eigenvalue weighted by Gasteiger charge is 2.34. The number of nitrogens with zero attached hydrogens (tertiary/aromatic N) is 1. The predicted molar refractivity (Wildman–Crippen MR) is 59.1 cm³/mol. The molecule has 0 spiro atoms. The van der Waals surface area contributed by atoms with Crippen molar-refractivity contribution in [3.05, 3.63) is 0 Å². The second-order valence-corrected chi connectivity index (χ2v) is 3.87. The summed E-state index contributed by atoms with van der Waals surface area (Å²) >= 11 is 0. The van der Waals surface area contributed by atoms with Gasteiger partial charge in [0.05, 0.1) is 0 Å². The van der Waals surface area contributed by atoms with Crippen molar-refractivity contribution in [1.82, 2.24) is 15.5 Å². The molecule has 1 aliphatic rings. The van der Waals surface area contributed by atoms with E-state index in [0.29, 0.717) is 26.2 Å². The molecule has 92 valence electrons. The van der Waals surface area contributed by atoms with Gasteiger partial charge in [-0.15, -0.1) is 0 Å². The van der Waals surface area contributed by atoms with Crippen molar-refractivity contribution in [2.24, 2.45) is 0 Å². The number of hydrogen-bond acceptors (Lipinski definition) is 4. The summed E-state index contributed by atoms with van der Waals surface area (Å²) in [5.74, 6) is -1.00. The third-order valence-electron chi connectivity index (χ3n) is 2.79. The minimum absolute atomic E-state index is 0.109. The van der Waals surface area contributed by atoms with E-state index in [9.17, 15) is 9.59 Å². The Balaban J connectivity index is 2.70. The van der Waals surface area contributed by atoms with Crippen LogP contribution in [0.5, 0.6) is 0 Å². The number of aliphatic carboxylic acids is 1. The predicted octanol–water partition coefficient (Wildman–Crippen LogP) is -1.13. The first-order valence-corrected chi connectivity index (χ1v) is 5.55. The molecule has 2 atom stereocenters. The van der Waals surface area contributed by atoms with E-state index >= 15 is 0 Å². The second-order valence-electron chi connectivity index (χ2n) is 3.87. The van der Waals surface area contributed by atoms with Crippen LogP contribution in [0.25, 0.3) is 0 Å². The second kappa shape index (κ2) is 5.81. The normalized spacial score (nSPS) is 23.8. The average molecular weight is 229 g/mol. The third-order valence-corrected chi connectivity index (χ3v) is 2.79. The smallest absolute Gasteiger partial charge is 0.320 e. The number of amides is 1. The maximum absolute atomic E-state index is 11.7. The van der Waals surface area contributed by atoms with Gasteiger partial charge in [0.15, 0.2) is 0 Å². The highest BCUT2D eigenvalue weighted by molar-refractivity contribution is 5.83. The molecule has 3 N–H and O–H groups in total. The molecule has 0 saturated carbocycles. The summed E-state index contributed by atoms with van der Waals surface area (Å²) in [6.07, 6.45) is 0. The number of carbonyl (C=O) groups excluding carboxylic acids is 1. The summed E-state index contributed by atoms with van der Waals surface area (Å²) in [5, 5.41) is 14.8. The topological polar surface area (TPSA) is 81.7 Å². The van der Waals surface area contributed by atoms with Crippen LogP contribution in [0.4, 0.5) is 0 Å². The molecule has 0 aromatic rings. The summed E-state index contributed by atoms with van der Waals surface area (Å²) in [4.78, 5) is 24.4. The number of carboxylic acids is 1. The van der Waals surface area contributed by atoms with Gasteiger partial charge in [-0.2, -0.15) is 0 Å². The zero-order valence-electron chi connectivity index (χ0n) is 9.69. The van der Waals surface area contributed by atoms with Crippen molar-refractivity contribution < 1.29 is 14.7 Å². The monoisotopic (exact) mass is 229 g/mol. The van der Waals surface area contributed by atoms with Crippen LogP contribution in [0.15, 0.2) is 0 Å². The molecule has 0 aliphatic carbocycles. The van der Waals surface area contributed by atoms with Crippen molar-refractivity contribution in [1.29, 1.82) is 0 Å². The minimum atomic E-state index is -0.892. The standard InChI is InChI=1S/C10H19N3O3/c1-3-12-9(14)8-6-11-4-5-13(8)7(2)10(15)16/h7-8,11H,3-6H2,1-2H3,(H,12,14)(H,15,16). The Hall–Kier alpha value is -1.14. The number of carbonyl (C=O) groups is 2. The number of hydrogen-bond donors (Lipinski definition) is 3. The largest absolute Gasteiger partial charge is 0.480 e. The van der Waals surface area contributed by atoms with Crippen LogP contribution in [0.1, 0.15) is 13.8 Å². The van der Waals surface area contributed by atoms with Gasteiger partial charge in [0.2, 0.25) is 5.91 Å². The van der Waals surface area contributed by atoms with E-state index in [-0.39, 0.29) is 11.9 Å². The van der Waals surface area contributed by atoms with Crippen molar-refractivity contribution in [3.8, 4) is 0 Å².